The third-order valence-electron chi connectivity index (χ3n) is 3.84. The van der Waals surface area contributed by atoms with Crippen molar-refractivity contribution in [1.29, 1.82) is 0 Å². The molecule has 7 heteroatoms. The minimum Gasteiger partial charge on any atom is -0.336 e. The van der Waals surface area contributed by atoms with Crippen molar-refractivity contribution in [2.45, 2.75) is 26.8 Å². The maximum Gasteiger partial charge on any atom is 0.268 e. The molecule has 1 aliphatic heterocycles. The molecular formula is C13H17N5OS. The molecule has 0 aromatic carbocycles. The van der Waals surface area contributed by atoms with Gasteiger partial charge in [0.05, 0.1) is 11.7 Å². The van der Waals surface area contributed by atoms with Gasteiger partial charge in [-0.1, -0.05) is 18.3 Å². The van der Waals surface area contributed by atoms with E-state index in [2.05, 4.69) is 28.4 Å². The average molecular weight is 291 g/mol. The van der Waals surface area contributed by atoms with E-state index in [9.17, 15) is 4.79 Å². The summed E-state index contributed by atoms with van der Waals surface area (Å²) in [4.78, 5) is 19.5. The van der Waals surface area contributed by atoms with Gasteiger partial charge >= 0.3 is 0 Å². The fourth-order valence-corrected chi connectivity index (χ4v) is 3.42. The summed E-state index contributed by atoms with van der Waals surface area (Å²) in [6.45, 7) is 6.86. The molecule has 2 aromatic heterocycles. The SMILES string of the molecule is Cc1nnsc1C(=O)N1CC(C)(C)C1c1nccn1C. The van der Waals surface area contributed by atoms with Crippen LogP contribution in [0.2, 0.25) is 0 Å². The summed E-state index contributed by atoms with van der Waals surface area (Å²) in [6, 6.07) is -0.00324. The van der Waals surface area contributed by atoms with Gasteiger partial charge in [0.25, 0.3) is 5.91 Å². The van der Waals surface area contributed by atoms with Crippen molar-refractivity contribution < 1.29 is 4.79 Å². The lowest BCUT2D eigenvalue weighted by Gasteiger charge is -2.53. The summed E-state index contributed by atoms with van der Waals surface area (Å²) in [7, 11) is 1.96. The first-order valence-electron chi connectivity index (χ1n) is 6.49. The second-order valence-electron chi connectivity index (χ2n) is 5.91. The van der Waals surface area contributed by atoms with E-state index in [0.29, 0.717) is 10.6 Å². The Morgan fingerprint density at radius 3 is 2.75 bits per heavy atom. The second kappa shape index (κ2) is 4.37. The van der Waals surface area contributed by atoms with Gasteiger partial charge in [-0.05, 0) is 18.5 Å². The normalized spacial score (nSPS) is 20.8. The van der Waals surface area contributed by atoms with Crippen LogP contribution in [0.15, 0.2) is 12.4 Å². The Morgan fingerprint density at radius 1 is 1.50 bits per heavy atom. The third-order valence-corrected chi connectivity index (χ3v) is 4.66. The fourth-order valence-electron chi connectivity index (χ4n) is 2.80. The number of amides is 1. The smallest absolute Gasteiger partial charge is 0.268 e. The molecule has 0 spiro atoms. The molecule has 0 N–H and O–H groups in total. The topological polar surface area (TPSA) is 63.9 Å². The van der Waals surface area contributed by atoms with Gasteiger partial charge in [0.1, 0.15) is 10.7 Å². The molecule has 6 nitrogen and oxygen atoms in total. The quantitative estimate of drug-likeness (QED) is 0.846. The van der Waals surface area contributed by atoms with E-state index in [1.807, 2.05) is 29.6 Å². The molecule has 1 unspecified atom stereocenters. The number of aromatic nitrogens is 4. The van der Waals surface area contributed by atoms with E-state index < -0.39 is 0 Å². The molecular weight excluding hydrogens is 274 g/mol. The van der Waals surface area contributed by atoms with Gasteiger partial charge in [-0.2, -0.15) is 0 Å². The zero-order chi connectivity index (χ0) is 14.5. The van der Waals surface area contributed by atoms with Gasteiger partial charge < -0.3 is 9.47 Å². The van der Waals surface area contributed by atoms with Crippen molar-refractivity contribution in [3.63, 3.8) is 0 Å². The van der Waals surface area contributed by atoms with Crippen LogP contribution in [-0.2, 0) is 7.05 Å². The van der Waals surface area contributed by atoms with Crippen LogP contribution in [0.1, 0.15) is 41.1 Å². The molecule has 3 heterocycles. The molecule has 1 amide bonds. The highest BCUT2D eigenvalue weighted by Crippen LogP contribution is 2.48. The molecule has 1 atom stereocenters. The zero-order valence-corrected chi connectivity index (χ0v) is 12.8. The predicted octanol–water partition coefficient (Wildman–Crippen LogP) is 1.80. The van der Waals surface area contributed by atoms with Crippen molar-refractivity contribution in [3.05, 3.63) is 28.8 Å². The Bertz CT molecular complexity index is 659. The Morgan fingerprint density at radius 2 is 2.25 bits per heavy atom. The van der Waals surface area contributed by atoms with E-state index in [1.54, 1.807) is 6.20 Å². The minimum atomic E-state index is -0.00324. The minimum absolute atomic E-state index is 0.00324. The van der Waals surface area contributed by atoms with Crippen molar-refractivity contribution >= 4 is 17.4 Å². The van der Waals surface area contributed by atoms with Gasteiger partial charge in [-0.3, -0.25) is 4.79 Å². The average Bonchev–Trinajstić information content (AvgIpc) is 2.96. The summed E-state index contributed by atoms with van der Waals surface area (Å²) >= 11 is 1.16. The first kappa shape index (κ1) is 13.2. The molecule has 0 saturated carbocycles. The number of hydrogen-bond donors (Lipinski definition) is 0. The van der Waals surface area contributed by atoms with Crippen LogP contribution >= 0.6 is 11.5 Å². The van der Waals surface area contributed by atoms with Crippen LogP contribution in [0, 0.1) is 12.3 Å². The van der Waals surface area contributed by atoms with Crippen molar-refractivity contribution in [1.82, 2.24) is 24.0 Å². The first-order chi connectivity index (χ1) is 9.42. The summed E-state index contributed by atoms with van der Waals surface area (Å²) in [5.74, 6) is 0.926. The van der Waals surface area contributed by atoms with Gasteiger partial charge in [0, 0.05) is 31.4 Å². The van der Waals surface area contributed by atoms with E-state index in [4.69, 9.17) is 0 Å². The van der Waals surface area contributed by atoms with Gasteiger partial charge in [0.2, 0.25) is 0 Å². The summed E-state index contributed by atoms with van der Waals surface area (Å²) in [5.41, 5.74) is 0.726. The van der Waals surface area contributed by atoms with E-state index in [1.165, 1.54) is 0 Å². The summed E-state index contributed by atoms with van der Waals surface area (Å²) in [5, 5.41) is 3.92. The lowest BCUT2D eigenvalue weighted by molar-refractivity contribution is -0.0372. The van der Waals surface area contributed by atoms with E-state index in [0.717, 1.165) is 23.9 Å². The number of rotatable bonds is 2. The molecule has 20 heavy (non-hydrogen) atoms. The zero-order valence-electron chi connectivity index (χ0n) is 12.0. The highest BCUT2D eigenvalue weighted by molar-refractivity contribution is 7.07. The highest BCUT2D eigenvalue weighted by atomic mass is 32.1. The second-order valence-corrected chi connectivity index (χ2v) is 6.66. The first-order valence-corrected chi connectivity index (χ1v) is 7.26. The Hall–Kier alpha value is -1.76. The van der Waals surface area contributed by atoms with Crippen molar-refractivity contribution in [2.75, 3.05) is 6.54 Å². The molecule has 3 rings (SSSR count). The predicted molar refractivity (Wildman–Crippen MR) is 75.4 cm³/mol. The maximum absolute atomic E-state index is 12.6. The number of hydrogen-bond acceptors (Lipinski definition) is 5. The van der Waals surface area contributed by atoms with Crippen LogP contribution in [0.4, 0.5) is 0 Å². The highest BCUT2D eigenvalue weighted by Gasteiger charge is 2.51. The molecule has 1 fully saturated rings. The van der Waals surface area contributed by atoms with E-state index >= 15 is 0 Å². The molecule has 1 aliphatic rings. The van der Waals surface area contributed by atoms with Crippen LogP contribution in [0.25, 0.3) is 0 Å². The monoisotopic (exact) mass is 291 g/mol. The fraction of sp³-hybridized carbons (Fsp3) is 0.538. The molecule has 106 valence electrons. The number of imidazole rings is 1. The van der Waals surface area contributed by atoms with Gasteiger partial charge in [-0.15, -0.1) is 5.10 Å². The van der Waals surface area contributed by atoms with Gasteiger partial charge in [-0.25, -0.2) is 4.98 Å². The van der Waals surface area contributed by atoms with Crippen LogP contribution in [0.5, 0.6) is 0 Å². The number of aryl methyl sites for hydroxylation is 2. The van der Waals surface area contributed by atoms with Crippen LogP contribution in [-0.4, -0.2) is 36.5 Å². The number of likely N-dealkylation sites (tertiary alicyclic amines) is 1. The molecule has 0 aliphatic carbocycles. The molecule has 0 radical (unpaired) electrons. The molecule has 0 bridgehead atoms. The Kier molecular flexibility index (Phi) is 2.89. The number of carbonyl (C=O) groups is 1. The summed E-state index contributed by atoms with van der Waals surface area (Å²) in [6.07, 6.45) is 3.68. The lowest BCUT2D eigenvalue weighted by atomic mass is 9.74. The molecule has 1 saturated heterocycles. The lowest BCUT2D eigenvalue weighted by Crippen LogP contribution is -2.58. The van der Waals surface area contributed by atoms with Crippen molar-refractivity contribution in [3.8, 4) is 0 Å². The Balaban J connectivity index is 1.94. The van der Waals surface area contributed by atoms with Crippen LogP contribution < -0.4 is 0 Å². The van der Waals surface area contributed by atoms with Crippen molar-refractivity contribution in [2.24, 2.45) is 12.5 Å². The van der Waals surface area contributed by atoms with Crippen LogP contribution in [0.3, 0.4) is 0 Å². The largest absolute Gasteiger partial charge is 0.336 e. The third kappa shape index (κ3) is 1.84. The maximum atomic E-state index is 12.6. The molecule has 2 aromatic rings. The van der Waals surface area contributed by atoms with Gasteiger partial charge in [0.15, 0.2) is 0 Å². The van der Waals surface area contributed by atoms with E-state index in [-0.39, 0.29) is 17.4 Å². The number of nitrogens with zero attached hydrogens (tertiary/aromatic N) is 5. The number of carbonyl (C=O) groups excluding carboxylic acids is 1. The summed E-state index contributed by atoms with van der Waals surface area (Å²) < 4.78 is 5.82. The standard InChI is InChI=1S/C13H17N5OS/c1-8-9(20-16-15-8)12(19)18-7-13(2,3)10(18)11-14-5-6-17(11)4/h5-6,10H,7H2,1-4H3. The Labute approximate surface area is 121 Å².